The van der Waals surface area contributed by atoms with Crippen LogP contribution < -0.4 is 5.32 Å². The third-order valence-electron chi connectivity index (χ3n) is 4.67. The van der Waals surface area contributed by atoms with E-state index in [0.29, 0.717) is 16.9 Å². The summed E-state index contributed by atoms with van der Waals surface area (Å²) in [6.07, 6.45) is 1.50. The molecule has 156 valence electrons. The van der Waals surface area contributed by atoms with E-state index in [4.69, 9.17) is 8.83 Å². The van der Waals surface area contributed by atoms with Crippen LogP contribution >= 0.6 is 0 Å². The van der Waals surface area contributed by atoms with E-state index in [1.54, 1.807) is 60.7 Å². The largest absolute Gasteiger partial charge is 0.461 e. The number of rotatable bonds is 6. The second kappa shape index (κ2) is 8.11. The first-order chi connectivity index (χ1) is 14.8. The third-order valence-corrected chi connectivity index (χ3v) is 4.67. The predicted octanol–water partition coefficient (Wildman–Crippen LogP) is 6.21. The van der Waals surface area contributed by atoms with E-state index in [1.165, 1.54) is 6.26 Å². The van der Waals surface area contributed by atoms with Gasteiger partial charge in [0, 0.05) is 16.7 Å². The summed E-state index contributed by atoms with van der Waals surface area (Å²) >= 11 is 0. The molecule has 0 unspecified atom stereocenters. The predicted molar refractivity (Wildman–Crippen MR) is 120 cm³/mol. The van der Waals surface area contributed by atoms with Crippen LogP contribution in [-0.4, -0.2) is 17.1 Å². The Morgan fingerprint density at radius 2 is 1.29 bits per heavy atom. The monoisotopic (exact) mass is 413 g/mol. The molecule has 5 nitrogen and oxygen atoms in total. The van der Waals surface area contributed by atoms with Gasteiger partial charge in [-0.25, -0.2) is 0 Å². The first kappa shape index (κ1) is 20.4. The molecule has 1 N–H and O–H groups in total. The van der Waals surface area contributed by atoms with Crippen LogP contribution in [0.15, 0.2) is 87.9 Å². The van der Waals surface area contributed by atoms with Crippen molar-refractivity contribution in [3.63, 3.8) is 0 Å². The quantitative estimate of drug-likeness (QED) is 0.380. The maximum Gasteiger partial charge on any atom is 0.206 e. The van der Waals surface area contributed by atoms with Crippen LogP contribution in [0.1, 0.15) is 52.6 Å². The van der Waals surface area contributed by atoms with Crippen molar-refractivity contribution in [2.45, 2.75) is 26.3 Å². The Balaban J connectivity index is 1.99. The highest BCUT2D eigenvalue weighted by Crippen LogP contribution is 2.39. The van der Waals surface area contributed by atoms with Crippen LogP contribution in [0.25, 0.3) is 11.5 Å². The molecule has 31 heavy (non-hydrogen) atoms. The van der Waals surface area contributed by atoms with Crippen LogP contribution in [0, 0.1) is 0 Å². The fourth-order valence-electron chi connectivity index (χ4n) is 3.34. The van der Waals surface area contributed by atoms with Gasteiger partial charge in [0.2, 0.25) is 5.88 Å². The van der Waals surface area contributed by atoms with Gasteiger partial charge in [0.15, 0.2) is 23.1 Å². The van der Waals surface area contributed by atoms with Crippen LogP contribution in [-0.2, 0) is 0 Å². The highest BCUT2D eigenvalue weighted by Gasteiger charge is 2.34. The van der Waals surface area contributed by atoms with Gasteiger partial charge in [-0.1, -0.05) is 60.7 Å². The summed E-state index contributed by atoms with van der Waals surface area (Å²) in [5.74, 6) is 0.241. The molecule has 5 heteroatoms. The molecule has 0 amide bonds. The molecular weight excluding hydrogens is 390 g/mol. The standard InChI is InChI=1S/C26H23NO4/c1-26(2,3)27-25-21(23(29)18-13-8-5-9-14-18)20(22(28)17-11-6-4-7-12-17)24(31-25)19-15-10-16-30-19/h4-16,27H,1-3H3. The van der Waals surface area contributed by atoms with Crippen molar-refractivity contribution in [3.8, 4) is 11.5 Å². The number of ketones is 2. The first-order valence-electron chi connectivity index (χ1n) is 10.0. The van der Waals surface area contributed by atoms with Crippen molar-refractivity contribution < 1.29 is 18.4 Å². The Labute approximate surface area is 180 Å². The smallest absolute Gasteiger partial charge is 0.206 e. The van der Waals surface area contributed by atoms with Crippen LogP contribution in [0.2, 0.25) is 0 Å². The van der Waals surface area contributed by atoms with Crippen molar-refractivity contribution >= 4 is 17.5 Å². The minimum absolute atomic E-state index is 0.182. The minimum Gasteiger partial charge on any atom is -0.461 e. The minimum atomic E-state index is -0.406. The van der Waals surface area contributed by atoms with Crippen molar-refractivity contribution in [3.05, 3.63) is 101 Å². The van der Waals surface area contributed by atoms with Crippen LogP contribution in [0.5, 0.6) is 0 Å². The Kier molecular flexibility index (Phi) is 5.34. The van der Waals surface area contributed by atoms with E-state index in [0.717, 1.165) is 0 Å². The summed E-state index contributed by atoms with van der Waals surface area (Å²) in [5, 5.41) is 3.25. The average molecular weight is 413 g/mol. The molecule has 0 aliphatic rings. The second-order valence-corrected chi connectivity index (χ2v) is 8.25. The molecule has 4 rings (SSSR count). The van der Waals surface area contributed by atoms with E-state index in [-0.39, 0.29) is 34.3 Å². The van der Waals surface area contributed by atoms with Gasteiger partial charge in [-0.3, -0.25) is 9.59 Å². The number of furan rings is 2. The summed E-state index contributed by atoms with van der Waals surface area (Å²) in [6, 6.07) is 21.1. The normalized spacial score (nSPS) is 11.3. The molecule has 0 fully saturated rings. The molecular formula is C26H23NO4. The molecule has 2 heterocycles. The Morgan fingerprint density at radius 3 is 1.77 bits per heavy atom. The lowest BCUT2D eigenvalue weighted by molar-refractivity contribution is 0.100. The number of anilines is 1. The van der Waals surface area contributed by atoms with Gasteiger partial charge in [0.05, 0.1) is 17.4 Å². The number of benzene rings is 2. The molecule has 0 aliphatic heterocycles. The van der Waals surface area contributed by atoms with Crippen molar-refractivity contribution in [2.75, 3.05) is 5.32 Å². The molecule has 0 atom stereocenters. The highest BCUT2D eigenvalue weighted by atomic mass is 16.4. The highest BCUT2D eigenvalue weighted by molar-refractivity contribution is 6.23. The maximum atomic E-state index is 13.6. The molecule has 0 saturated carbocycles. The molecule has 0 radical (unpaired) electrons. The molecule has 0 spiro atoms. The van der Waals surface area contributed by atoms with Crippen molar-refractivity contribution in [1.29, 1.82) is 0 Å². The topological polar surface area (TPSA) is 72.5 Å². The molecule has 2 aromatic heterocycles. The van der Waals surface area contributed by atoms with E-state index in [1.807, 2.05) is 32.9 Å². The van der Waals surface area contributed by atoms with Gasteiger partial charge in [-0.2, -0.15) is 0 Å². The summed E-state index contributed by atoms with van der Waals surface area (Å²) in [5.41, 5.74) is 0.897. The van der Waals surface area contributed by atoms with Gasteiger partial charge >= 0.3 is 0 Å². The molecule has 0 bridgehead atoms. The number of carbonyl (C=O) groups excluding carboxylic acids is 2. The summed E-state index contributed by atoms with van der Waals surface area (Å²) in [4.78, 5) is 27.2. The van der Waals surface area contributed by atoms with Gasteiger partial charge in [-0.15, -0.1) is 0 Å². The zero-order chi connectivity index (χ0) is 22.0. The zero-order valence-corrected chi connectivity index (χ0v) is 17.6. The summed E-state index contributed by atoms with van der Waals surface area (Å²) < 4.78 is 11.7. The zero-order valence-electron chi connectivity index (χ0n) is 17.6. The SMILES string of the molecule is CC(C)(C)Nc1oc(-c2ccco2)c(C(=O)c2ccccc2)c1C(=O)c1ccccc1. The third kappa shape index (κ3) is 4.21. The van der Waals surface area contributed by atoms with Crippen molar-refractivity contribution in [1.82, 2.24) is 0 Å². The van der Waals surface area contributed by atoms with Gasteiger partial charge in [0.25, 0.3) is 0 Å². The molecule has 2 aromatic carbocycles. The Hall–Kier alpha value is -3.86. The fourth-order valence-corrected chi connectivity index (χ4v) is 3.34. The van der Waals surface area contributed by atoms with Gasteiger partial charge in [0.1, 0.15) is 0 Å². The van der Waals surface area contributed by atoms with E-state index in [2.05, 4.69) is 5.32 Å². The number of hydrogen-bond acceptors (Lipinski definition) is 5. The lowest BCUT2D eigenvalue weighted by Gasteiger charge is -2.20. The summed E-state index contributed by atoms with van der Waals surface area (Å²) in [6.45, 7) is 5.87. The number of carbonyl (C=O) groups is 2. The molecule has 0 saturated heterocycles. The number of hydrogen-bond donors (Lipinski definition) is 1. The number of nitrogens with one attached hydrogen (secondary N) is 1. The lowest BCUT2D eigenvalue weighted by Crippen LogP contribution is -2.27. The second-order valence-electron chi connectivity index (χ2n) is 8.25. The lowest BCUT2D eigenvalue weighted by atomic mass is 9.93. The van der Waals surface area contributed by atoms with Gasteiger partial charge in [-0.05, 0) is 32.9 Å². The first-order valence-corrected chi connectivity index (χ1v) is 10.0. The van der Waals surface area contributed by atoms with Crippen LogP contribution in [0.4, 0.5) is 5.88 Å². The Morgan fingerprint density at radius 1 is 0.742 bits per heavy atom. The summed E-state index contributed by atoms with van der Waals surface area (Å²) in [7, 11) is 0. The van der Waals surface area contributed by atoms with E-state index >= 15 is 0 Å². The average Bonchev–Trinajstić information content (AvgIpc) is 3.41. The van der Waals surface area contributed by atoms with E-state index < -0.39 is 5.54 Å². The van der Waals surface area contributed by atoms with Crippen molar-refractivity contribution in [2.24, 2.45) is 0 Å². The molecule has 0 aliphatic carbocycles. The van der Waals surface area contributed by atoms with E-state index in [9.17, 15) is 9.59 Å². The fraction of sp³-hybridized carbons (Fsp3) is 0.154. The Bertz CT molecular complexity index is 1200. The maximum absolute atomic E-state index is 13.6. The van der Waals surface area contributed by atoms with Gasteiger partial charge < -0.3 is 14.2 Å². The molecule has 4 aromatic rings. The van der Waals surface area contributed by atoms with Crippen LogP contribution in [0.3, 0.4) is 0 Å².